The molecule has 0 unspecified atom stereocenters. The van der Waals surface area contributed by atoms with Gasteiger partial charge in [0, 0.05) is 15.4 Å². The summed E-state index contributed by atoms with van der Waals surface area (Å²) >= 11 is 12.0. The smallest absolute Gasteiger partial charge is 0.261 e. The minimum atomic E-state index is -3.69. The first-order chi connectivity index (χ1) is 10.9. The first kappa shape index (κ1) is 16.1. The molecule has 0 aromatic heterocycles. The van der Waals surface area contributed by atoms with E-state index in [0.717, 1.165) is 16.3 Å². The van der Waals surface area contributed by atoms with Crippen molar-refractivity contribution in [3.63, 3.8) is 0 Å². The number of aryl methyl sites for hydroxylation is 1. The molecule has 0 radical (unpaired) electrons. The van der Waals surface area contributed by atoms with Crippen LogP contribution in [0, 0.1) is 6.92 Å². The van der Waals surface area contributed by atoms with Gasteiger partial charge in [0.05, 0.1) is 10.6 Å². The summed E-state index contributed by atoms with van der Waals surface area (Å²) in [4.78, 5) is 0.182. The molecule has 0 spiro atoms. The number of anilines is 1. The summed E-state index contributed by atoms with van der Waals surface area (Å²) in [5.41, 5.74) is 1.26. The number of fused-ring (bicyclic) bond motifs is 1. The number of hydrogen-bond donors (Lipinski definition) is 1. The van der Waals surface area contributed by atoms with Gasteiger partial charge in [-0.25, -0.2) is 8.42 Å². The maximum absolute atomic E-state index is 12.6. The summed E-state index contributed by atoms with van der Waals surface area (Å²) in [6.45, 7) is 1.80. The molecule has 3 nitrogen and oxygen atoms in total. The van der Waals surface area contributed by atoms with E-state index < -0.39 is 10.0 Å². The van der Waals surface area contributed by atoms with Crippen LogP contribution < -0.4 is 4.72 Å². The van der Waals surface area contributed by atoms with Gasteiger partial charge >= 0.3 is 0 Å². The molecule has 3 rings (SSSR count). The fourth-order valence-electron chi connectivity index (χ4n) is 2.33. The van der Waals surface area contributed by atoms with Gasteiger partial charge in [0.2, 0.25) is 0 Å². The molecule has 3 aromatic carbocycles. The monoisotopic (exact) mass is 365 g/mol. The van der Waals surface area contributed by atoms with Crippen molar-refractivity contribution in [2.75, 3.05) is 4.72 Å². The number of sulfonamides is 1. The van der Waals surface area contributed by atoms with Gasteiger partial charge in [0.15, 0.2) is 0 Å². The van der Waals surface area contributed by atoms with Gasteiger partial charge in [-0.15, -0.1) is 0 Å². The number of hydrogen-bond acceptors (Lipinski definition) is 2. The Morgan fingerprint density at radius 2 is 1.74 bits per heavy atom. The highest BCUT2D eigenvalue weighted by Crippen LogP contribution is 2.27. The molecule has 6 heteroatoms. The van der Waals surface area contributed by atoms with E-state index in [-0.39, 0.29) is 4.90 Å². The first-order valence-electron chi connectivity index (χ1n) is 6.84. The Balaban J connectivity index is 2.02. The zero-order chi connectivity index (χ0) is 16.6. The molecular formula is C17H13Cl2NO2S. The Hall–Kier alpha value is -1.75. The van der Waals surface area contributed by atoms with E-state index in [1.54, 1.807) is 55.5 Å². The highest BCUT2D eigenvalue weighted by molar-refractivity contribution is 7.92. The minimum Gasteiger partial charge on any atom is -0.279 e. The van der Waals surface area contributed by atoms with Crippen LogP contribution in [0.2, 0.25) is 10.0 Å². The second-order valence-corrected chi connectivity index (χ2v) is 7.71. The maximum atomic E-state index is 12.6. The fourth-order valence-corrected chi connectivity index (χ4v) is 3.97. The van der Waals surface area contributed by atoms with Gasteiger partial charge in [0.1, 0.15) is 0 Å². The molecule has 23 heavy (non-hydrogen) atoms. The molecule has 0 saturated heterocycles. The van der Waals surface area contributed by atoms with E-state index in [2.05, 4.69) is 4.72 Å². The predicted octanol–water partition coefficient (Wildman–Crippen LogP) is 5.26. The molecular weight excluding hydrogens is 353 g/mol. The average molecular weight is 366 g/mol. The van der Waals surface area contributed by atoms with E-state index >= 15 is 0 Å². The second-order valence-electron chi connectivity index (χ2n) is 5.19. The molecule has 0 amide bonds. The lowest BCUT2D eigenvalue weighted by molar-refractivity contribution is 0.601. The lowest BCUT2D eigenvalue weighted by Crippen LogP contribution is -2.13. The van der Waals surface area contributed by atoms with E-state index in [1.807, 2.05) is 6.07 Å². The molecule has 0 fully saturated rings. The van der Waals surface area contributed by atoms with Crippen LogP contribution in [0.3, 0.4) is 0 Å². The predicted molar refractivity (Wildman–Crippen MR) is 96.0 cm³/mol. The van der Waals surface area contributed by atoms with E-state index in [9.17, 15) is 8.42 Å². The number of rotatable bonds is 3. The van der Waals surface area contributed by atoms with Crippen molar-refractivity contribution in [2.45, 2.75) is 11.8 Å². The highest BCUT2D eigenvalue weighted by atomic mass is 35.5. The normalized spacial score (nSPS) is 11.6. The van der Waals surface area contributed by atoms with Gasteiger partial charge in [0.25, 0.3) is 10.0 Å². The molecule has 0 aliphatic carbocycles. The molecule has 0 aliphatic heterocycles. The summed E-state index contributed by atoms with van der Waals surface area (Å²) in [5.74, 6) is 0. The topological polar surface area (TPSA) is 46.2 Å². The second kappa shape index (κ2) is 6.04. The maximum Gasteiger partial charge on any atom is 0.261 e. The van der Waals surface area contributed by atoms with Crippen molar-refractivity contribution in [1.29, 1.82) is 0 Å². The third kappa shape index (κ3) is 3.29. The van der Waals surface area contributed by atoms with Crippen LogP contribution in [0.25, 0.3) is 10.8 Å². The third-order valence-corrected chi connectivity index (χ3v) is 5.47. The van der Waals surface area contributed by atoms with Crippen LogP contribution in [0.1, 0.15) is 5.56 Å². The standard InChI is InChI=1S/C17H13Cl2NO2S/c1-11-9-13(18)5-8-17(11)20-23(21,22)14-6-7-15-12(10-14)3-2-4-16(15)19/h2-10,20H,1H3. The van der Waals surface area contributed by atoms with E-state index in [1.165, 1.54) is 0 Å². The Morgan fingerprint density at radius 1 is 0.957 bits per heavy atom. The zero-order valence-electron chi connectivity index (χ0n) is 12.2. The first-order valence-corrected chi connectivity index (χ1v) is 9.08. The molecule has 0 saturated carbocycles. The van der Waals surface area contributed by atoms with Crippen molar-refractivity contribution >= 4 is 49.7 Å². The third-order valence-electron chi connectivity index (χ3n) is 3.54. The van der Waals surface area contributed by atoms with Crippen molar-refractivity contribution in [2.24, 2.45) is 0 Å². The van der Waals surface area contributed by atoms with Crippen LogP contribution in [-0.2, 0) is 10.0 Å². The molecule has 1 N–H and O–H groups in total. The lowest BCUT2D eigenvalue weighted by Gasteiger charge is -2.11. The minimum absolute atomic E-state index is 0.182. The molecule has 3 aromatic rings. The zero-order valence-corrected chi connectivity index (χ0v) is 14.5. The van der Waals surface area contributed by atoms with Crippen LogP contribution in [0.5, 0.6) is 0 Å². The molecule has 0 atom stereocenters. The van der Waals surface area contributed by atoms with Gasteiger partial charge in [-0.3, -0.25) is 4.72 Å². The van der Waals surface area contributed by atoms with Gasteiger partial charge in [-0.1, -0.05) is 41.4 Å². The van der Waals surface area contributed by atoms with Crippen molar-refractivity contribution in [3.8, 4) is 0 Å². The Bertz CT molecular complexity index is 1000. The summed E-state index contributed by atoms with van der Waals surface area (Å²) in [7, 11) is -3.69. The summed E-state index contributed by atoms with van der Waals surface area (Å²) in [6.07, 6.45) is 0. The number of benzene rings is 3. The van der Waals surface area contributed by atoms with Gasteiger partial charge in [-0.2, -0.15) is 0 Å². The lowest BCUT2D eigenvalue weighted by atomic mass is 10.1. The van der Waals surface area contributed by atoms with Crippen molar-refractivity contribution in [1.82, 2.24) is 0 Å². The van der Waals surface area contributed by atoms with Gasteiger partial charge < -0.3 is 0 Å². The summed E-state index contributed by atoms with van der Waals surface area (Å²) < 4.78 is 27.8. The Kier molecular flexibility index (Phi) is 4.23. The number of halogens is 2. The Labute approximate surface area is 144 Å². The van der Waals surface area contributed by atoms with Crippen LogP contribution >= 0.6 is 23.2 Å². The van der Waals surface area contributed by atoms with Crippen molar-refractivity contribution in [3.05, 3.63) is 70.2 Å². The van der Waals surface area contributed by atoms with E-state index in [0.29, 0.717) is 15.7 Å². The summed E-state index contributed by atoms with van der Waals surface area (Å²) in [5, 5.41) is 2.74. The summed E-state index contributed by atoms with van der Waals surface area (Å²) in [6, 6.07) is 15.2. The molecule has 0 bridgehead atoms. The largest absolute Gasteiger partial charge is 0.279 e. The number of nitrogens with one attached hydrogen (secondary N) is 1. The van der Waals surface area contributed by atoms with Crippen LogP contribution in [0.15, 0.2) is 59.5 Å². The average Bonchev–Trinajstić information content (AvgIpc) is 2.50. The van der Waals surface area contributed by atoms with Crippen LogP contribution in [0.4, 0.5) is 5.69 Å². The Morgan fingerprint density at radius 3 is 2.48 bits per heavy atom. The molecule has 0 heterocycles. The molecule has 0 aliphatic rings. The van der Waals surface area contributed by atoms with Crippen LogP contribution in [-0.4, -0.2) is 8.42 Å². The highest BCUT2D eigenvalue weighted by Gasteiger charge is 2.16. The fraction of sp³-hybridized carbons (Fsp3) is 0.0588. The quantitative estimate of drug-likeness (QED) is 0.688. The SMILES string of the molecule is Cc1cc(Cl)ccc1NS(=O)(=O)c1ccc2c(Cl)cccc2c1. The van der Waals surface area contributed by atoms with E-state index in [4.69, 9.17) is 23.2 Å². The van der Waals surface area contributed by atoms with Crippen molar-refractivity contribution < 1.29 is 8.42 Å². The molecule has 118 valence electrons. The van der Waals surface area contributed by atoms with Gasteiger partial charge in [-0.05, 0) is 54.3 Å².